The van der Waals surface area contributed by atoms with Gasteiger partial charge in [0, 0.05) is 12.6 Å². The quantitative estimate of drug-likeness (QED) is 0.746. The van der Waals surface area contributed by atoms with E-state index in [1.165, 1.54) is 5.56 Å². The highest BCUT2D eigenvalue weighted by atomic mass is 16.5. The second kappa shape index (κ2) is 8.25. The van der Waals surface area contributed by atoms with E-state index in [9.17, 15) is 0 Å². The highest BCUT2D eigenvalue weighted by Crippen LogP contribution is 2.28. The van der Waals surface area contributed by atoms with Crippen molar-refractivity contribution in [2.45, 2.75) is 52.8 Å². The summed E-state index contributed by atoms with van der Waals surface area (Å²) in [5.41, 5.74) is 1.03. The van der Waals surface area contributed by atoms with E-state index in [2.05, 4.69) is 19.2 Å². The molecule has 0 heterocycles. The minimum Gasteiger partial charge on any atom is -0.493 e. The molecule has 0 aliphatic heterocycles. The highest BCUT2D eigenvalue weighted by Gasteiger charge is 2.10. The van der Waals surface area contributed by atoms with Gasteiger partial charge in [-0.15, -0.1) is 0 Å². The maximum absolute atomic E-state index is 5.79. The number of nitrogens with one attached hydrogen (secondary N) is 1. The lowest BCUT2D eigenvalue weighted by Gasteiger charge is -2.20. The third-order valence-corrected chi connectivity index (χ3v) is 2.82. The summed E-state index contributed by atoms with van der Waals surface area (Å²) in [5, 5.41) is 3.39. The average molecular weight is 295 g/mol. The van der Waals surface area contributed by atoms with Crippen LogP contribution in [0, 0.1) is 0 Å². The molecule has 120 valence electrons. The SMILES string of the molecule is COc1ccc(CNC(C)C)cc1OCCOC(C)(C)C. The predicted molar refractivity (Wildman–Crippen MR) is 86.2 cm³/mol. The van der Waals surface area contributed by atoms with Crippen LogP contribution in [-0.2, 0) is 11.3 Å². The van der Waals surface area contributed by atoms with Crippen molar-refractivity contribution in [3.63, 3.8) is 0 Å². The molecule has 0 unspecified atom stereocenters. The van der Waals surface area contributed by atoms with E-state index in [0.717, 1.165) is 18.0 Å². The van der Waals surface area contributed by atoms with Crippen LogP contribution in [0.2, 0.25) is 0 Å². The van der Waals surface area contributed by atoms with Crippen molar-refractivity contribution < 1.29 is 14.2 Å². The first-order chi connectivity index (χ1) is 9.81. The summed E-state index contributed by atoms with van der Waals surface area (Å²) >= 11 is 0. The van der Waals surface area contributed by atoms with Gasteiger partial charge in [0.2, 0.25) is 0 Å². The summed E-state index contributed by atoms with van der Waals surface area (Å²) in [6, 6.07) is 6.46. The number of benzene rings is 1. The molecule has 0 amide bonds. The standard InChI is InChI=1S/C17H29NO3/c1-13(2)18-12-14-7-8-15(19-6)16(11-14)20-9-10-21-17(3,4)5/h7-8,11,13,18H,9-10,12H2,1-6H3. The zero-order chi connectivity index (χ0) is 15.9. The van der Waals surface area contributed by atoms with E-state index in [1.807, 2.05) is 39.0 Å². The molecule has 0 spiro atoms. The van der Waals surface area contributed by atoms with E-state index >= 15 is 0 Å². The van der Waals surface area contributed by atoms with Gasteiger partial charge in [-0.1, -0.05) is 19.9 Å². The molecule has 0 fully saturated rings. The Morgan fingerprint density at radius 3 is 2.38 bits per heavy atom. The molecular weight excluding hydrogens is 266 g/mol. The van der Waals surface area contributed by atoms with Crippen LogP contribution in [0.1, 0.15) is 40.2 Å². The Balaban J connectivity index is 2.59. The van der Waals surface area contributed by atoms with Gasteiger partial charge in [0.05, 0.1) is 19.3 Å². The summed E-state index contributed by atoms with van der Waals surface area (Å²) in [6.07, 6.45) is 0. The molecule has 4 nitrogen and oxygen atoms in total. The summed E-state index contributed by atoms with van der Waals surface area (Å²) in [7, 11) is 1.65. The van der Waals surface area contributed by atoms with E-state index < -0.39 is 0 Å². The number of hydrogen-bond donors (Lipinski definition) is 1. The molecule has 21 heavy (non-hydrogen) atoms. The van der Waals surface area contributed by atoms with Crippen LogP contribution in [0.15, 0.2) is 18.2 Å². The lowest BCUT2D eigenvalue weighted by Crippen LogP contribution is -2.23. The van der Waals surface area contributed by atoms with Crippen molar-refractivity contribution in [1.29, 1.82) is 0 Å². The summed E-state index contributed by atoms with van der Waals surface area (Å²) < 4.78 is 16.8. The van der Waals surface area contributed by atoms with Gasteiger partial charge in [-0.3, -0.25) is 0 Å². The molecule has 0 aliphatic rings. The maximum Gasteiger partial charge on any atom is 0.161 e. The van der Waals surface area contributed by atoms with Crippen LogP contribution in [0.3, 0.4) is 0 Å². The third kappa shape index (κ3) is 7.34. The topological polar surface area (TPSA) is 39.7 Å². The molecular formula is C17H29NO3. The zero-order valence-electron chi connectivity index (χ0n) is 14.2. The monoisotopic (exact) mass is 295 g/mol. The summed E-state index contributed by atoms with van der Waals surface area (Å²) in [5.74, 6) is 1.51. The largest absolute Gasteiger partial charge is 0.493 e. The second-order valence-electron chi connectivity index (χ2n) is 6.33. The lowest BCUT2D eigenvalue weighted by atomic mass is 10.2. The van der Waals surface area contributed by atoms with Crippen LogP contribution in [0.25, 0.3) is 0 Å². The van der Waals surface area contributed by atoms with E-state index in [-0.39, 0.29) is 5.60 Å². The van der Waals surface area contributed by atoms with Gasteiger partial charge in [-0.2, -0.15) is 0 Å². The van der Waals surface area contributed by atoms with Gasteiger partial charge >= 0.3 is 0 Å². The Morgan fingerprint density at radius 2 is 1.81 bits per heavy atom. The van der Waals surface area contributed by atoms with Crippen molar-refractivity contribution >= 4 is 0 Å². The van der Waals surface area contributed by atoms with Crippen LogP contribution >= 0.6 is 0 Å². The maximum atomic E-state index is 5.79. The van der Waals surface area contributed by atoms with E-state index in [1.54, 1.807) is 7.11 Å². The molecule has 4 heteroatoms. The van der Waals surface area contributed by atoms with E-state index in [4.69, 9.17) is 14.2 Å². The van der Waals surface area contributed by atoms with Gasteiger partial charge < -0.3 is 19.5 Å². The Morgan fingerprint density at radius 1 is 1.10 bits per heavy atom. The minimum absolute atomic E-state index is 0.142. The number of methoxy groups -OCH3 is 1. The first-order valence-electron chi connectivity index (χ1n) is 7.49. The Labute approximate surface area is 128 Å². The van der Waals surface area contributed by atoms with Crippen molar-refractivity contribution in [1.82, 2.24) is 5.32 Å². The smallest absolute Gasteiger partial charge is 0.161 e. The molecule has 0 saturated heterocycles. The molecule has 0 aliphatic carbocycles. The molecule has 1 aromatic carbocycles. The Hall–Kier alpha value is -1.26. The second-order valence-corrected chi connectivity index (χ2v) is 6.33. The number of hydrogen-bond acceptors (Lipinski definition) is 4. The molecule has 0 radical (unpaired) electrons. The van der Waals surface area contributed by atoms with Crippen molar-refractivity contribution in [3.05, 3.63) is 23.8 Å². The van der Waals surface area contributed by atoms with Crippen molar-refractivity contribution in [2.24, 2.45) is 0 Å². The van der Waals surface area contributed by atoms with Crippen LogP contribution in [0.4, 0.5) is 0 Å². The molecule has 1 aromatic rings. The molecule has 0 saturated carbocycles. The fraction of sp³-hybridized carbons (Fsp3) is 0.647. The van der Waals surface area contributed by atoms with Crippen molar-refractivity contribution in [2.75, 3.05) is 20.3 Å². The molecule has 0 aromatic heterocycles. The average Bonchev–Trinajstić information content (AvgIpc) is 2.40. The molecule has 1 rings (SSSR count). The van der Waals surface area contributed by atoms with Gasteiger partial charge in [0.1, 0.15) is 6.61 Å². The minimum atomic E-state index is -0.142. The van der Waals surface area contributed by atoms with Gasteiger partial charge in [0.25, 0.3) is 0 Å². The van der Waals surface area contributed by atoms with Crippen LogP contribution < -0.4 is 14.8 Å². The Bertz CT molecular complexity index is 425. The van der Waals surface area contributed by atoms with Gasteiger partial charge in [0.15, 0.2) is 11.5 Å². The number of rotatable bonds is 8. The summed E-state index contributed by atoms with van der Waals surface area (Å²) in [6.45, 7) is 12.2. The summed E-state index contributed by atoms with van der Waals surface area (Å²) in [4.78, 5) is 0. The third-order valence-electron chi connectivity index (χ3n) is 2.82. The van der Waals surface area contributed by atoms with Gasteiger partial charge in [-0.05, 0) is 38.5 Å². The van der Waals surface area contributed by atoms with Crippen molar-refractivity contribution in [3.8, 4) is 11.5 Å². The molecule has 0 atom stereocenters. The first kappa shape index (κ1) is 17.8. The van der Waals surface area contributed by atoms with E-state index in [0.29, 0.717) is 19.3 Å². The zero-order valence-corrected chi connectivity index (χ0v) is 14.2. The number of ether oxygens (including phenoxy) is 3. The molecule has 0 bridgehead atoms. The molecule has 1 N–H and O–H groups in total. The normalized spacial score (nSPS) is 11.8. The fourth-order valence-electron chi connectivity index (χ4n) is 1.77. The van der Waals surface area contributed by atoms with Crippen LogP contribution in [-0.4, -0.2) is 32.0 Å². The predicted octanol–water partition coefficient (Wildman–Crippen LogP) is 3.39. The van der Waals surface area contributed by atoms with Gasteiger partial charge in [-0.25, -0.2) is 0 Å². The first-order valence-corrected chi connectivity index (χ1v) is 7.49. The Kier molecular flexibility index (Phi) is 6.99. The fourth-order valence-corrected chi connectivity index (χ4v) is 1.77. The lowest BCUT2D eigenvalue weighted by molar-refractivity contribution is -0.0165. The van der Waals surface area contributed by atoms with Crippen LogP contribution in [0.5, 0.6) is 11.5 Å². The highest BCUT2D eigenvalue weighted by molar-refractivity contribution is 5.42.